The summed E-state index contributed by atoms with van der Waals surface area (Å²) in [6.07, 6.45) is 1.90. The molecule has 2 aliphatic rings. The molecule has 36 heavy (non-hydrogen) atoms. The van der Waals surface area contributed by atoms with Gasteiger partial charge in [-0.25, -0.2) is 9.79 Å². The molecule has 0 fully saturated rings. The number of benzene rings is 3. The molecule has 4 aromatic rings. The fourth-order valence-corrected chi connectivity index (χ4v) is 5.75. The van der Waals surface area contributed by atoms with E-state index in [2.05, 4.69) is 4.99 Å². The van der Waals surface area contributed by atoms with Crippen LogP contribution in [0.3, 0.4) is 0 Å². The molecule has 0 aliphatic carbocycles. The van der Waals surface area contributed by atoms with Crippen molar-refractivity contribution in [2.24, 2.45) is 4.99 Å². The topological polar surface area (TPSA) is 79.1 Å². The van der Waals surface area contributed by atoms with E-state index in [0.29, 0.717) is 32.1 Å². The highest BCUT2D eigenvalue weighted by Gasteiger charge is 2.34. The molecule has 1 atom stereocenters. The largest absolute Gasteiger partial charge is 0.463 e. The molecule has 0 bridgehead atoms. The molecule has 0 spiro atoms. The van der Waals surface area contributed by atoms with Crippen molar-refractivity contribution < 1.29 is 19.0 Å². The van der Waals surface area contributed by atoms with E-state index in [-0.39, 0.29) is 19.0 Å². The molecule has 0 radical (unpaired) electrons. The number of rotatable bonds is 4. The predicted octanol–water partition coefficient (Wildman–Crippen LogP) is 3.68. The van der Waals surface area contributed by atoms with E-state index in [1.165, 1.54) is 11.3 Å². The van der Waals surface area contributed by atoms with Gasteiger partial charge in [0.15, 0.2) is 16.3 Å². The molecule has 7 nitrogen and oxygen atoms in total. The van der Waals surface area contributed by atoms with E-state index >= 15 is 0 Å². The first-order chi connectivity index (χ1) is 17.5. The number of aromatic nitrogens is 1. The molecule has 0 amide bonds. The highest BCUT2D eigenvalue weighted by molar-refractivity contribution is 7.07. The van der Waals surface area contributed by atoms with Gasteiger partial charge < -0.3 is 14.2 Å². The summed E-state index contributed by atoms with van der Waals surface area (Å²) in [4.78, 5) is 32.1. The van der Waals surface area contributed by atoms with E-state index < -0.39 is 12.0 Å². The Morgan fingerprint density at radius 2 is 1.94 bits per heavy atom. The second-order valence-electron chi connectivity index (χ2n) is 8.48. The number of ether oxygens (including phenoxy) is 3. The number of carbonyl (C=O) groups excluding carboxylic acids is 1. The molecule has 0 saturated heterocycles. The zero-order chi connectivity index (χ0) is 24.8. The Bertz CT molecular complexity index is 1740. The average molecular weight is 499 g/mol. The van der Waals surface area contributed by atoms with Crippen LogP contribution in [0.15, 0.2) is 81.7 Å². The van der Waals surface area contributed by atoms with Crippen molar-refractivity contribution in [1.82, 2.24) is 4.57 Å². The van der Waals surface area contributed by atoms with Gasteiger partial charge in [0, 0.05) is 0 Å². The van der Waals surface area contributed by atoms with E-state index in [1.807, 2.05) is 60.7 Å². The Kier molecular flexibility index (Phi) is 5.45. The van der Waals surface area contributed by atoms with Crippen molar-refractivity contribution in [2.75, 3.05) is 13.4 Å². The van der Waals surface area contributed by atoms with Crippen molar-refractivity contribution in [2.45, 2.75) is 19.9 Å². The van der Waals surface area contributed by atoms with Crippen LogP contribution in [-0.2, 0) is 9.53 Å². The standard InChI is InChI=1S/C28H22N2O5S/c1-3-33-27(32)24-16(2)29-28-30(25(24)19-11-12-21-22(13-19)35-15-34-21)26(31)23(36-28)14-18-9-6-8-17-7-4-5-10-20(17)18/h4-14,25H,3,15H2,1-2H3/b23-14+. The van der Waals surface area contributed by atoms with Gasteiger partial charge in [0.25, 0.3) is 5.56 Å². The fraction of sp³-hybridized carbons (Fsp3) is 0.179. The Balaban J connectivity index is 1.58. The lowest BCUT2D eigenvalue weighted by Gasteiger charge is -2.24. The van der Waals surface area contributed by atoms with Crippen LogP contribution >= 0.6 is 11.3 Å². The lowest BCUT2D eigenvalue weighted by Crippen LogP contribution is -2.39. The zero-order valence-corrected chi connectivity index (χ0v) is 20.5. The summed E-state index contributed by atoms with van der Waals surface area (Å²) >= 11 is 1.31. The molecular weight excluding hydrogens is 476 g/mol. The maximum Gasteiger partial charge on any atom is 0.338 e. The minimum atomic E-state index is -0.704. The highest BCUT2D eigenvalue weighted by atomic mass is 32.1. The molecule has 2 aliphatic heterocycles. The van der Waals surface area contributed by atoms with E-state index in [4.69, 9.17) is 14.2 Å². The maximum atomic E-state index is 13.9. The van der Waals surface area contributed by atoms with Gasteiger partial charge in [-0.2, -0.15) is 0 Å². The number of carbonyl (C=O) groups is 1. The third-order valence-electron chi connectivity index (χ3n) is 6.34. The summed E-state index contributed by atoms with van der Waals surface area (Å²) in [5.41, 5.74) is 2.30. The predicted molar refractivity (Wildman–Crippen MR) is 137 cm³/mol. The first kappa shape index (κ1) is 22.3. The number of esters is 1. The van der Waals surface area contributed by atoms with E-state index in [9.17, 15) is 9.59 Å². The molecule has 0 N–H and O–H groups in total. The molecule has 1 unspecified atom stereocenters. The van der Waals surface area contributed by atoms with Gasteiger partial charge in [0.05, 0.1) is 28.5 Å². The SMILES string of the molecule is CCOC(=O)C1=C(C)N=c2s/c(=C/c3cccc4ccccc34)c(=O)n2C1c1ccc2c(c1)OCO2. The highest BCUT2D eigenvalue weighted by Crippen LogP contribution is 2.38. The lowest BCUT2D eigenvalue weighted by atomic mass is 9.95. The van der Waals surface area contributed by atoms with Gasteiger partial charge in [-0.15, -0.1) is 0 Å². The molecule has 6 rings (SSSR count). The minimum Gasteiger partial charge on any atom is -0.463 e. The molecular formula is C28H22N2O5S. The van der Waals surface area contributed by atoms with Gasteiger partial charge in [-0.3, -0.25) is 9.36 Å². The number of hydrogen-bond acceptors (Lipinski definition) is 7. The molecule has 8 heteroatoms. The summed E-state index contributed by atoms with van der Waals surface area (Å²) < 4.78 is 18.5. The van der Waals surface area contributed by atoms with Crippen LogP contribution in [0.4, 0.5) is 0 Å². The van der Waals surface area contributed by atoms with Crippen molar-refractivity contribution in [3.05, 3.63) is 103 Å². The van der Waals surface area contributed by atoms with Gasteiger partial charge in [-0.1, -0.05) is 59.9 Å². The first-order valence-electron chi connectivity index (χ1n) is 11.6. The van der Waals surface area contributed by atoms with E-state index in [1.54, 1.807) is 24.5 Å². The number of nitrogens with zero attached hydrogens (tertiary/aromatic N) is 2. The summed E-state index contributed by atoms with van der Waals surface area (Å²) in [7, 11) is 0. The van der Waals surface area contributed by atoms with Crippen molar-refractivity contribution in [3.63, 3.8) is 0 Å². The Morgan fingerprint density at radius 3 is 2.81 bits per heavy atom. The quantitative estimate of drug-likeness (QED) is 0.401. The molecule has 180 valence electrons. The van der Waals surface area contributed by atoms with Gasteiger partial charge in [-0.05, 0) is 54.0 Å². The Morgan fingerprint density at radius 1 is 1.14 bits per heavy atom. The summed E-state index contributed by atoms with van der Waals surface area (Å²) in [6.45, 7) is 3.87. The smallest absolute Gasteiger partial charge is 0.338 e. The lowest BCUT2D eigenvalue weighted by molar-refractivity contribution is -0.139. The summed E-state index contributed by atoms with van der Waals surface area (Å²) in [5, 5.41) is 2.15. The van der Waals surface area contributed by atoms with Gasteiger partial charge >= 0.3 is 5.97 Å². The number of allylic oxidation sites excluding steroid dienone is 1. The minimum absolute atomic E-state index is 0.131. The van der Waals surface area contributed by atoms with Crippen LogP contribution in [0.1, 0.15) is 31.0 Å². The third-order valence-corrected chi connectivity index (χ3v) is 7.32. The van der Waals surface area contributed by atoms with Crippen LogP contribution in [0.5, 0.6) is 11.5 Å². The summed E-state index contributed by atoms with van der Waals surface area (Å²) in [6, 6.07) is 18.8. The third kappa shape index (κ3) is 3.61. The number of hydrogen-bond donors (Lipinski definition) is 0. The van der Waals surface area contributed by atoms with Crippen LogP contribution < -0.4 is 24.4 Å². The summed E-state index contributed by atoms with van der Waals surface area (Å²) in [5.74, 6) is 0.702. The van der Waals surface area contributed by atoms with Crippen molar-refractivity contribution >= 4 is 34.2 Å². The first-order valence-corrected chi connectivity index (χ1v) is 12.4. The van der Waals surface area contributed by atoms with E-state index in [0.717, 1.165) is 21.9 Å². The van der Waals surface area contributed by atoms with Crippen molar-refractivity contribution in [1.29, 1.82) is 0 Å². The average Bonchev–Trinajstić information content (AvgIpc) is 3.47. The maximum absolute atomic E-state index is 13.9. The van der Waals surface area contributed by atoms with Crippen LogP contribution in [-0.4, -0.2) is 23.9 Å². The number of fused-ring (bicyclic) bond motifs is 3. The Labute approximate surface area is 210 Å². The number of thiazole rings is 1. The van der Waals surface area contributed by atoms with Gasteiger partial charge in [0.2, 0.25) is 6.79 Å². The second-order valence-corrected chi connectivity index (χ2v) is 9.49. The Hall–Kier alpha value is -4.17. The molecule has 1 aromatic heterocycles. The van der Waals surface area contributed by atoms with Gasteiger partial charge in [0.1, 0.15) is 0 Å². The monoisotopic (exact) mass is 498 g/mol. The van der Waals surface area contributed by atoms with Crippen LogP contribution in [0, 0.1) is 0 Å². The molecule has 3 aromatic carbocycles. The fourth-order valence-electron chi connectivity index (χ4n) is 4.71. The van der Waals surface area contributed by atoms with Crippen molar-refractivity contribution in [3.8, 4) is 11.5 Å². The van der Waals surface area contributed by atoms with Crippen LogP contribution in [0.2, 0.25) is 0 Å². The molecule has 0 saturated carbocycles. The van der Waals surface area contributed by atoms with Crippen LogP contribution in [0.25, 0.3) is 16.8 Å². The normalized spacial score (nSPS) is 16.7. The zero-order valence-electron chi connectivity index (χ0n) is 19.7. The molecule has 3 heterocycles. The second kappa shape index (κ2) is 8.80.